The maximum absolute atomic E-state index is 13.0. The molecule has 5 heterocycles. The number of carbonyl (C=O) groups excluding carboxylic acids is 2. The Hall–Kier alpha value is -2.20. The highest BCUT2D eigenvalue weighted by atomic mass is 17.3. The molecule has 1 saturated carbocycles. The number of benzene rings is 1. The number of fused-ring (bicyclic) bond motifs is 2. The third-order valence-corrected chi connectivity index (χ3v) is 10.2. The third kappa shape index (κ3) is 4.82. The van der Waals surface area contributed by atoms with Crippen LogP contribution in [0.25, 0.3) is 0 Å². The standard InChI is InChI=1S/C31H44N2O7/c1-19-6-7-21(3)25(18-19)32-14-16-33(17-15-32)26(34)10-11-27(35)36-28-22(4)24-9-8-20(2)23-12-13-30(5)38-29(37-28)31(23,24)40-39-30/h6-7,18,20,22-24,28-29H,8-17H2,1-5H3/t20-,22-,23?,24?,28-,29-,30+,31-/m1/s1. The molecule has 220 valence electrons. The Morgan fingerprint density at radius 2 is 1.77 bits per heavy atom. The molecule has 6 fully saturated rings. The molecule has 1 amide bonds. The maximum atomic E-state index is 13.0. The summed E-state index contributed by atoms with van der Waals surface area (Å²) in [5.74, 6) is -0.579. The van der Waals surface area contributed by atoms with Crippen LogP contribution in [-0.4, -0.2) is 66.9 Å². The first-order valence-electron chi connectivity index (χ1n) is 15.1. The molecular formula is C31H44N2O7. The van der Waals surface area contributed by atoms with E-state index >= 15 is 0 Å². The highest BCUT2D eigenvalue weighted by molar-refractivity contribution is 5.81. The summed E-state index contributed by atoms with van der Waals surface area (Å²) in [6.07, 6.45) is 2.46. The fourth-order valence-electron chi connectivity index (χ4n) is 7.82. The van der Waals surface area contributed by atoms with E-state index in [0.29, 0.717) is 19.0 Å². The van der Waals surface area contributed by atoms with Gasteiger partial charge in [-0.3, -0.25) is 9.59 Å². The fourth-order valence-corrected chi connectivity index (χ4v) is 7.82. The van der Waals surface area contributed by atoms with E-state index in [1.807, 2.05) is 11.8 Å². The highest BCUT2D eigenvalue weighted by Gasteiger charge is 2.69. The van der Waals surface area contributed by atoms with Crippen LogP contribution in [0.5, 0.6) is 0 Å². The second-order valence-corrected chi connectivity index (χ2v) is 12.9. The Balaban J connectivity index is 1.04. The lowest BCUT2D eigenvalue weighted by Gasteiger charge is -2.59. The first kappa shape index (κ1) is 27.9. The van der Waals surface area contributed by atoms with Crippen molar-refractivity contribution in [3.05, 3.63) is 29.3 Å². The van der Waals surface area contributed by atoms with Crippen molar-refractivity contribution in [2.75, 3.05) is 31.1 Å². The Labute approximate surface area is 237 Å². The summed E-state index contributed by atoms with van der Waals surface area (Å²) in [7, 11) is 0. The summed E-state index contributed by atoms with van der Waals surface area (Å²) >= 11 is 0. The Morgan fingerprint density at radius 1 is 1.00 bits per heavy atom. The highest BCUT2D eigenvalue weighted by Crippen LogP contribution is 2.60. The minimum Gasteiger partial charge on any atom is -0.435 e. The van der Waals surface area contributed by atoms with Crippen molar-refractivity contribution >= 4 is 17.6 Å². The quantitative estimate of drug-likeness (QED) is 0.388. The number of rotatable bonds is 5. The molecule has 1 spiro atoms. The predicted molar refractivity (Wildman–Crippen MR) is 147 cm³/mol. The molecule has 0 radical (unpaired) electrons. The second-order valence-electron chi connectivity index (χ2n) is 12.9. The van der Waals surface area contributed by atoms with Gasteiger partial charge in [-0.15, -0.1) is 0 Å². The minimum absolute atomic E-state index is 0.0128. The van der Waals surface area contributed by atoms with Crippen molar-refractivity contribution in [3.8, 4) is 0 Å². The number of hydrogen-bond acceptors (Lipinski definition) is 8. The molecule has 0 N–H and O–H groups in total. The van der Waals surface area contributed by atoms with Crippen molar-refractivity contribution in [2.24, 2.45) is 23.7 Å². The number of ether oxygens (including phenoxy) is 3. The van der Waals surface area contributed by atoms with Crippen LogP contribution in [0.15, 0.2) is 18.2 Å². The first-order valence-corrected chi connectivity index (χ1v) is 15.1. The number of amides is 1. The molecule has 7 rings (SSSR count). The number of anilines is 1. The number of piperazine rings is 1. The lowest BCUT2D eigenvalue weighted by molar-refractivity contribution is -0.576. The first-order chi connectivity index (χ1) is 19.1. The number of nitrogens with zero attached hydrogens (tertiary/aromatic N) is 2. The molecule has 8 atom stereocenters. The Morgan fingerprint density at radius 3 is 2.55 bits per heavy atom. The lowest BCUT2D eigenvalue weighted by Crippen LogP contribution is -2.70. The van der Waals surface area contributed by atoms with Crippen molar-refractivity contribution < 1.29 is 33.6 Å². The summed E-state index contributed by atoms with van der Waals surface area (Å²) in [4.78, 5) is 42.1. The number of hydrogen-bond donors (Lipinski definition) is 0. The van der Waals surface area contributed by atoms with E-state index in [-0.39, 0.29) is 36.5 Å². The van der Waals surface area contributed by atoms with Gasteiger partial charge in [0.05, 0.1) is 6.42 Å². The molecule has 2 unspecified atom stereocenters. The molecule has 1 aromatic carbocycles. The summed E-state index contributed by atoms with van der Waals surface area (Å²) in [5.41, 5.74) is 3.02. The zero-order chi connectivity index (χ0) is 28.2. The minimum atomic E-state index is -0.874. The van der Waals surface area contributed by atoms with E-state index in [2.05, 4.69) is 50.8 Å². The number of carbonyl (C=O) groups is 2. The van der Waals surface area contributed by atoms with Crippen LogP contribution in [0, 0.1) is 37.5 Å². The van der Waals surface area contributed by atoms with Crippen LogP contribution >= 0.6 is 0 Å². The largest absolute Gasteiger partial charge is 0.435 e. The SMILES string of the molecule is Cc1ccc(C)c(N2CCN(C(=O)CCC(=O)O[C@@H]3O[C@@H]4O[C@]5(C)CCC6[C@H](C)CCC([C@H]3C)[C@]64OO5)CC2)c1. The molecule has 5 aliphatic heterocycles. The van der Waals surface area contributed by atoms with Gasteiger partial charge in [-0.05, 0) is 69.1 Å². The average Bonchev–Trinajstić information content (AvgIpc) is 3.17. The molecule has 40 heavy (non-hydrogen) atoms. The van der Waals surface area contributed by atoms with Crippen LogP contribution in [0.2, 0.25) is 0 Å². The van der Waals surface area contributed by atoms with Gasteiger partial charge in [-0.1, -0.05) is 26.0 Å². The molecular weight excluding hydrogens is 512 g/mol. The van der Waals surface area contributed by atoms with E-state index in [1.54, 1.807) is 0 Å². The molecule has 9 heteroatoms. The van der Waals surface area contributed by atoms with Crippen LogP contribution in [-0.2, 0) is 33.6 Å². The fraction of sp³-hybridized carbons (Fsp3) is 0.742. The van der Waals surface area contributed by atoms with Crippen LogP contribution in [0.4, 0.5) is 5.69 Å². The Kier molecular flexibility index (Phi) is 7.38. The number of aryl methyl sites for hydroxylation is 2. The van der Waals surface area contributed by atoms with Gasteiger partial charge in [0, 0.05) is 56.5 Å². The molecule has 1 aromatic rings. The molecule has 9 nitrogen and oxygen atoms in total. The van der Waals surface area contributed by atoms with E-state index in [1.165, 1.54) is 16.8 Å². The maximum Gasteiger partial charge on any atom is 0.308 e. The lowest BCUT2D eigenvalue weighted by atomic mass is 9.58. The number of esters is 1. The van der Waals surface area contributed by atoms with Crippen molar-refractivity contribution in [1.29, 1.82) is 0 Å². The van der Waals surface area contributed by atoms with Gasteiger partial charge in [-0.25, -0.2) is 9.78 Å². The summed E-state index contributed by atoms with van der Waals surface area (Å²) < 4.78 is 18.6. The van der Waals surface area contributed by atoms with E-state index in [0.717, 1.165) is 38.8 Å². The summed E-state index contributed by atoms with van der Waals surface area (Å²) in [6, 6.07) is 6.47. The second kappa shape index (κ2) is 10.6. The van der Waals surface area contributed by atoms with Gasteiger partial charge >= 0.3 is 5.97 Å². The van der Waals surface area contributed by atoms with E-state index < -0.39 is 29.9 Å². The predicted octanol–water partition coefficient (Wildman–Crippen LogP) is 4.48. The van der Waals surface area contributed by atoms with Gasteiger partial charge in [0.25, 0.3) is 0 Å². The average molecular weight is 557 g/mol. The molecule has 6 aliphatic rings. The van der Waals surface area contributed by atoms with E-state index in [4.69, 9.17) is 24.0 Å². The van der Waals surface area contributed by atoms with Gasteiger partial charge in [-0.2, -0.15) is 0 Å². The molecule has 1 aliphatic carbocycles. The third-order valence-electron chi connectivity index (χ3n) is 10.2. The van der Waals surface area contributed by atoms with Gasteiger partial charge < -0.3 is 24.0 Å². The van der Waals surface area contributed by atoms with Crippen LogP contribution in [0.1, 0.15) is 70.4 Å². The van der Waals surface area contributed by atoms with Gasteiger partial charge in [0.1, 0.15) is 0 Å². The van der Waals surface area contributed by atoms with Crippen LogP contribution < -0.4 is 4.90 Å². The van der Waals surface area contributed by atoms with E-state index in [9.17, 15) is 9.59 Å². The van der Waals surface area contributed by atoms with Gasteiger partial charge in [0.2, 0.25) is 18.0 Å². The normalized spacial score (nSPS) is 38.9. The smallest absolute Gasteiger partial charge is 0.308 e. The van der Waals surface area contributed by atoms with Crippen molar-refractivity contribution in [2.45, 2.75) is 97.1 Å². The van der Waals surface area contributed by atoms with Crippen molar-refractivity contribution in [1.82, 2.24) is 4.90 Å². The summed E-state index contributed by atoms with van der Waals surface area (Å²) in [5, 5.41) is 0. The zero-order valence-corrected chi connectivity index (χ0v) is 24.5. The van der Waals surface area contributed by atoms with Gasteiger partial charge in [0.15, 0.2) is 11.9 Å². The monoisotopic (exact) mass is 556 g/mol. The Bertz CT molecular complexity index is 1140. The topological polar surface area (TPSA) is 86.8 Å². The van der Waals surface area contributed by atoms with Crippen LogP contribution in [0.3, 0.4) is 0 Å². The molecule has 5 saturated heterocycles. The summed E-state index contributed by atoms with van der Waals surface area (Å²) in [6.45, 7) is 13.3. The molecule has 2 bridgehead atoms. The zero-order valence-electron chi connectivity index (χ0n) is 24.5. The molecule has 0 aromatic heterocycles. The van der Waals surface area contributed by atoms with Crippen molar-refractivity contribution in [3.63, 3.8) is 0 Å².